The molecular weight excluding hydrogens is 282 g/mol. The second kappa shape index (κ2) is 6.17. The number of nitrogens with one attached hydrogen (secondary N) is 1. The summed E-state index contributed by atoms with van der Waals surface area (Å²) in [6, 6.07) is 7.50. The Morgan fingerprint density at radius 2 is 1.86 bits per heavy atom. The van der Waals surface area contributed by atoms with Crippen molar-refractivity contribution in [1.82, 2.24) is 0 Å². The number of nitro groups is 1. The highest BCUT2D eigenvalue weighted by atomic mass is 19.1. The molecule has 110 valence electrons. The van der Waals surface area contributed by atoms with Crippen molar-refractivity contribution >= 4 is 11.4 Å². The van der Waals surface area contributed by atoms with E-state index in [1.165, 1.54) is 19.2 Å². The zero-order valence-corrected chi connectivity index (χ0v) is 11.1. The molecule has 21 heavy (non-hydrogen) atoms. The Bertz CT molecular complexity index is 657. The third kappa shape index (κ3) is 3.65. The number of rotatable bonds is 5. The van der Waals surface area contributed by atoms with E-state index in [1.54, 1.807) is 6.07 Å². The standard InChI is InChI=1S/C14H12F2N2O3/c1-21-14-3-2-9(4-13(14)18(19)20)8-17-12-6-10(15)5-11(16)7-12/h2-7,17H,8H2,1H3. The molecular formula is C14H12F2N2O3. The van der Waals surface area contributed by atoms with Crippen LogP contribution in [-0.4, -0.2) is 12.0 Å². The molecule has 0 aliphatic heterocycles. The smallest absolute Gasteiger partial charge is 0.311 e. The topological polar surface area (TPSA) is 64.4 Å². The first-order valence-corrected chi connectivity index (χ1v) is 6.01. The van der Waals surface area contributed by atoms with E-state index in [2.05, 4.69) is 5.32 Å². The lowest BCUT2D eigenvalue weighted by Crippen LogP contribution is -2.02. The van der Waals surface area contributed by atoms with Gasteiger partial charge in [-0.2, -0.15) is 0 Å². The molecule has 0 fully saturated rings. The van der Waals surface area contributed by atoms with E-state index in [-0.39, 0.29) is 23.7 Å². The molecule has 0 amide bonds. The summed E-state index contributed by atoms with van der Waals surface area (Å²) in [5.74, 6) is -1.24. The molecule has 0 heterocycles. The van der Waals surface area contributed by atoms with Gasteiger partial charge in [-0.05, 0) is 23.8 Å². The lowest BCUT2D eigenvalue weighted by atomic mass is 10.2. The summed E-state index contributed by atoms with van der Waals surface area (Å²) in [6.07, 6.45) is 0. The summed E-state index contributed by atoms with van der Waals surface area (Å²) in [4.78, 5) is 10.4. The first-order valence-electron chi connectivity index (χ1n) is 6.01. The Morgan fingerprint density at radius 1 is 1.19 bits per heavy atom. The van der Waals surface area contributed by atoms with Gasteiger partial charge in [-0.3, -0.25) is 10.1 Å². The fourth-order valence-electron chi connectivity index (χ4n) is 1.85. The van der Waals surface area contributed by atoms with Gasteiger partial charge in [0, 0.05) is 24.4 Å². The highest BCUT2D eigenvalue weighted by Crippen LogP contribution is 2.27. The van der Waals surface area contributed by atoms with Gasteiger partial charge in [0.05, 0.1) is 12.0 Å². The maximum absolute atomic E-state index is 13.0. The minimum Gasteiger partial charge on any atom is -0.490 e. The number of ether oxygens (including phenoxy) is 1. The molecule has 2 aromatic carbocycles. The van der Waals surface area contributed by atoms with Crippen LogP contribution < -0.4 is 10.1 Å². The molecule has 0 aliphatic rings. The molecule has 7 heteroatoms. The number of nitrogens with zero attached hydrogens (tertiary/aromatic N) is 1. The molecule has 0 bridgehead atoms. The Morgan fingerprint density at radius 3 is 2.43 bits per heavy atom. The number of nitro benzene ring substituents is 1. The van der Waals surface area contributed by atoms with Crippen LogP contribution in [0.15, 0.2) is 36.4 Å². The molecule has 0 saturated carbocycles. The van der Waals surface area contributed by atoms with Crippen molar-refractivity contribution in [2.45, 2.75) is 6.54 Å². The number of hydrogen-bond donors (Lipinski definition) is 1. The Labute approximate surface area is 119 Å². The van der Waals surface area contributed by atoms with E-state index in [0.29, 0.717) is 5.56 Å². The third-order valence-corrected chi connectivity index (χ3v) is 2.80. The maximum Gasteiger partial charge on any atom is 0.311 e. The monoisotopic (exact) mass is 294 g/mol. The third-order valence-electron chi connectivity index (χ3n) is 2.80. The molecule has 0 atom stereocenters. The average molecular weight is 294 g/mol. The van der Waals surface area contributed by atoms with Crippen LogP contribution in [0.2, 0.25) is 0 Å². The normalized spacial score (nSPS) is 10.2. The molecule has 1 N–H and O–H groups in total. The van der Waals surface area contributed by atoms with Gasteiger partial charge in [0.25, 0.3) is 0 Å². The van der Waals surface area contributed by atoms with Crippen LogP contribution in [0.3, 0.4) is 0 Å². The molecule has 0 aliphatic carbocycles. The van der Waals surface area contributed by atoms with E-state index in [0.717, 1.165) is 18.2 Å². The lowest BCUT2D eigenvalue weighted by Gasteiger charge is -2.08. The summed E-state index contributed by atoms with van der Waals surface area (Å²) in [5, 5.41) is 13.7. The molecule has 5 nitrogen and oxygen atoms in total. The van der Waals surface area contributed by atoms with Crippen molar-refractivity contribution < 1.29 is 18.4 Å². The Hall–Kier alpha value is -2.70. The molecule has 0 aromatic heterocycles. The zero-order valence-electron chi connectivity index (χ0n) is 11.1. The first kappa shape index (κ1) is 14.7. The van der Waals surface area contributed by atoms with Crippen molar-refractivity contribution in [2.75, 3.05) is 12.4 Å². The van der Waals surface area contributed by atoms with Crippen LogP contribution in [0.1, 0.15) is 5.56 Å². The summed E-state index contributed by atoms with van der Waals surface area (Å²) in [6.45, 7) is 0.188. The molecule has 2 rings (SSSR count). The van der Waals surface area contributed by atoms with Gasteiger partial charge >= 0.3 is 5.69 Å². The van der Waals surface area contributed by atoms with Gasteiger partial charge in [0.2, 0.25) is 0 Å². The lowest BCUT2D eigenvalue weighted by molar-refractivity contribution is -0.385. The van der Waals surface area contributed by atoms with E-state index in [9.17, 15) is 18.9 Å². The van der Waals surface area contributed by atoms with Gasteiger partial charge in [0.15, 0.2) is 5.75 Å². The average Bonchev–Trinajstić information content (AvgIpc) is 2.43. The summed E-state index contributed by atoms with van der Waals surface area (Å²) >= 11 is 0. The van der Waals surface area contributed by atoms with Crippen LogP contribution in [0.5, 0.6) is 5.75 Å². The molecule has 2 aromatic rings. The van der Waals surface area contributed by atoms with E-state index < -0.39 is 16.6 Å². The van der Waals surface area contributed by atoms with Crippen LogP contribution in [0.4, 0.5) is 20.2 Å². The maximum atomic E-state index is 13.0. The van der Waals surface area contributed by atoms with Crippen LogP contribution in [-0.2, 0) is 6.54 Å². The van der Waals surface area contributed by atoms with Crippen molar-refractivity contribution in [3.63, 3.8) is 0 Å². The fraction of sp³-hybridized carbons (Fsp3) is 0.143. The van der Waals surface area contributed by atoms with Crippen molar-refractivity contribution in [2.24, 2.45) is 0 Å². The van der Waals surface area contributed by atoms with E-state index in [1.807, 2.05) is 0 Å². The summed E-state index contributed by atoms with van der Waals surface area (Å²) in [7, 11) is 1.34. The van der Waals surface area contributed by atoms with Crippen molar-refractivity contribution in [3.05, 3.63) is 63.7 Å². The van der Waals surface area contributed by atoms with E-state index in [4.69, 9.17) is 4.74 Å². The summed E-state index contributed by atoms with van der Waals surface area (Å²) < 4.78 is 31.0. The number of hydrogen-bond acceptors (Lipinski definition) is 4. The van der Waals surface area contributed by atoms with Gasteiger partial charge in [0.1, 0.15) is 11.6 Å². The molecule has 0 saturated heterocycles. The molecule has 0 radical (unpaired) electrons. The largest absolute Gasteiger partial charge is 0.490 e. The summed E-state index contributed by atoms with van der Waals surface area (Å²) in [5.41, 5.74) is 0.681. The highest BCUT2D eigenvalue weighted by molar-refractivity contribution is 5.50. The van der Waals surface area contributed by atoms with Crippen molar-refractivity contribution in [3.8, 4) is 5.75 Å². The Kier molecular flexibility index (Phi) is 4.32. The second-order valence-corrected chi connectivity index (χ2v) is 4.27. The van der Waals surface area contributed by atoms with Gasteiger partial charge < -0.3 is 10.1 Å². The minimum atomic E-state index is -0.696. The quantitative estimate of drug-likeness (QED) is 0.677. The van der Waals surface area contributed by atoms with Crippen LogP contribution in [0.25, 0.3) is 0 Å². The van der Waals surface area contributed by atoms with E-state index >= 15 is 0 Å². The second-order valence-electron chi connectivity index (χ2n) is 4.27. The number of halogens is 2. The predicted octanol–water partition coefficient (Wildman–Crippen LogP) is 3.49. The number of anilines is 1. The van der Waals surface area contributed by atoms with Gasteiger partial charge in [-0.25, -0.2) is 8.78 Å². The molecule has 0 spiro atoms. The first-order chi connectivity index (χ1) is 9.99. The Balaban J connectivity index is 2.16. The minimum absolute atomic E-state index is 0.153. The van der Waals surface area contributed by atoms with Gasteiger partial charge in [-0.1, -0.05) is 6.07 Å². The zero-order chi connectivity index (χ0) is 15.4. The fourth-order valence-corrected chi connectivity index (χ4v) is 1.85. The SMILES string of the molecule is COc1ccc(CNc2cc(F)cc(F)c2)cc1[N+](=O)[O-]. The van der Waals surface area contributed by atoms with Crippen LogP contribution in [0, 0.1) is 21.7 Å². The number of methoxy groups -OCH3 is 1. The van der Waals surface area contributed by atoms with Crippen LogP contribution >= 0.6 is 0 Å². The van der Waals surface area contributed by atoms with Gasteiger partial charge in [-0.15, -0.1) is 0 Å². The number of benzene rings is 2. The highest BCUT2D eigenvalue weighted by Gasteiger charge is 2.15. The predicted molar refractivity (Wildman–Crippen MR) is 73.3 cm³/mol. The molecule has 0 unspecified atom stereocenters. The van der Waals surface area contributed by atoms with Crippen molar-refractivity contribution in [1.29, 1.82) is 0 Å².